The maximum absolute atomic E-state index is 5.42. The molecule has 1 atom stereocenters. The first-order chi connectivity index (χ1) is 19.2. The molecule has 0 bridgehead atoms. The molecule has 0 aliphatic heterocycles. The lowest BCUT2D eigenvalue weighted by molar-refractivity contribution is 0.363. The summed E-state index contributed by atoms with van der Waals surface area (Å²) in [5, 5.41) is 5.21. The van der Waals surface area contributed by atoms with Crippen molar-refractivity contribution in [1.82, 2.24) is 9.55 Å². The van der Waals surface area contributed by atoms with Crippen LogP contribution in [-0.4, -0.2) is 9.55 Å². The predicted molar refractivity (Wildman–Crippen MR) is 176 cm³/mol. The summed E-state index contributed by atoms with van der Waals surface area (Å²) in [4.78, 5) is 6.67. The molecule has 0 amide bonds. The van der Waals surface area contributed by atoms with Crippen LogP contribution < -0.4 is 0 Å². The molecule has 1 unspecified atom stereocenters. The van der Waals surface area contributed by atoms with E-state index in [1.807, 2.05) is 0 Å². The molecule has 0 aliphatic carbocycles. The normalized spacial score (nSPS) is 12.7. The zero-order chi connectivity index (χ0) is 27.0. The second kappa shape index (κ2) is 13.9. The summed E-state index contributed by atoms with van der Waals surface area (Å²) < 4.78 is 3.76. The lowest BCUT2D eigenvalue weighted by atomic mass is 9.93. The van der Waals surface area contributed by atoms with E-state index in [1.54, 1.807) is 11.3 Å². The van der Waals surface area contributed by atoms with Crippen molar-refractivity contribution in [2.75, 3.05) is 0 Å². The Labute approximate surface area is 247 Å². The predicted octanol–water partition coefficient (Wildman–Crippen LogP) is 12.2. The zero-order valence-corrected chi connectivity index (χ0v) is 26.1. The summed E-state index contributed by atoms with van der Waals surface area (Å²) in [6.07, 6.45) is 16.2. The summed E-state index contributed by atoms with van der Waals surface area (Å²) >= 11 is 5.51. The van der Waals surface area contributed by atoms with Gasteiger partial charge in [0.15, 0.2) is 5.82 Å². The van der Waals surface area contributed by atoms with Gasteiger partial charge in [-0.15, -0.1) is 11.3 Å². The Morgan fingerprint density at radius 2 is 1.26 bits per heavy atom. The van der Waals surface area contributed by atoms with Crippen LogP contribution in [0.25, 0.3) is 43.3 Å². The van der Waals surface area contributed by atoms with E-state index < -0.39 is 0 Å². The van der Waals surface area contributed by atoms with Crippen LogP contribution in [0.15, 0.2) is 64.5 Å². The summed E-state index contributed by atoms with van der Waals surface area (Å²) in [6, 6.07) is 22.2. The summed E-state index contributed by atoms with van der Waals surface area (Å²) in [5.41, 5.74) is 2.46. The van der Waals surface area contributed by atoms with Gasteiger partial charge in [0, 0.05) is 17.3 Å². The molecule has 0 saturated heterocycles. The van der Waals surface area contributed by atoms with Gasteiger partial charge in [-0.3, -0.25) is 0 Å². The number of imidazole rings is 1. The molecule has 0 aliphatic rings. The van der Waals surface area contributed by atoms with Gasteiger partial charge in [-0.1, -0.05) is 127 Å². The highest BCUT2D eigenvalue weighted by molar-refractivity contribution is 9.11. The van der Waals surface area contributed by atoms with Crippen molar-refractivity contribution in [2.24, 2.45) is 5.92 Å². The topological polar surface area (TPSA) is 17.8 Å². The number of hydrogen-bond donors (Lipinski definition) is 0. The Morgan fingerprint density at radius 3 is 1.90 bits per heavy atom. The zero-order valence-electron chi connectivity index (χ0n) is 23.7. The van der Waals surface area contributed by atoms with Gasteiger partial charge in [0.05, 0.1) is 19.7 Å². The van der Waals surface area contributed by atoms with Crippen molar-refractivity contribution in [3.05, 3.63) is 64.5 Å². The Morgan fingerprint density at radius 1 is 0.692 bits per heavy atom. The van der Waals surface area contributed by atoms with Crippen molar-refractivity contribution in [3.8, 4) is 10.7 Å². The van der Waals surface area contributed by atoms with Crippen LogP contribution in [-0.2, 0) is 6.54 Å². The monoisotopic (exact) mass is 602 g/mol. The number of nitrogens with zero attached hydrogens (tertiary/aromatic N) is 2. The molecule has 5 rings (SSSR count). The molecule has 4 heteroatoms. The highest BCUT2D eigenvalue weighted by atomic mass is 79.9. The van der Waals surface area contributed by atoms with Gasteiger partial charge < -0.3 is 4.57 Å². The number of rotatable bonds is 15. The molecule has 5 aromatic rings. The van der Waals surface area contributed by atoms with E-state index in [2.05, 4.69) is 95.0 Å². The van der Waals surface area contributed by atoms with Gasteiger partial charge in [-0.05, 0) is 57.6 Å². The third-order valence-corrected chi connectivity index (χ3v) is 9.91. The molecule has 39 heavy (non-hydrogen) atoms. The summed E-state index contributed by atoms with van der Waals surface area (Å²) in [6.45, 7) is 5.66. The minimum absolute atomic E-state index is 0.679. The first kappa shape index (κ1) is 28.4. The van der Waals surface area contributed by atoms with Crippen LogP contribution in [0.2, 0.25) is 0 Å². The van der Waals surface area contributed by atoms with Gasteiger partial charge in [0.1, 0.15) is 0 Å². The summed E-state index contributed by atoms with van der Waals surface area (Å²) in [5.74, 6) is 1.81. The van der Waals surface area contributed by atoms with Crippen molar-refractivity contribution in [2.45, 2.75) is 97.4 Å². The van der Waals surface area contributed by atoms with E-state index in [0.29, 0.717) is 5.92 Å². The molecule has 3 aromatic carbocycles. The number of aromatic nitrogens is 2. The average molecular weight is 604 g/mol. The van der Waals surface area contributed by atoms with Crippen LogP contribution in [0, 0.1) is 5.92 Å². The van der Waals surface area contributed by atoms with E-state index in [9.17, 15) is 0 Å². The molecule has 0 spiro atoms. The second-order valence-corrected chi connectivity index (χ2v) is 13.7. The lowest BCUT2D eigenvalue weighted by Crippen LogP contribution is -2.12. The fourth-order valence-electron chi connectivity index (χ4n) is 6.22. The largest absolute Gasteiger partial charge is 0.322 e. The number of benzene rings is 3. The lowest BCUT2D eigenvalue weighted by Gasteiger charge is -2.20. The van der Waals surface area contributed by atoms with E-state index in [-0.39, 0.29) is 0 Å². The van der Waals surface area contributed by atoms with Gasteiger partial charge >= 0.3 is 0 Å². The minimum Gasteiger partial charge on any atom is -0.322 e. The van der Waals surface area contributed by atoms with Crippen LogP contribution in [0.5, 0.6) is 0 Å². The van der Waals surface area contributed by atoms with Gasteiger partial charge in [-0.25, -0.2) is 4.98 Å². The Balaban J connectivity index is 1.57. The SMILES string of the molecule is CCCCCCCCC(CCCCCC)Cn1c(-c2ccc(Br)s2)nc2c3ccccc3c3ccccc3c21. The molecule has 0 N–H and O–H groups in total. The van der Waals surface area contributed by atoms with E-state index in [1.165, 1.54) is 109 Å². The van der Waals surface area contributed by atoms with Crippen molar-refractivity contribution in [3.63, 3.8) is 0 Å². The van der Waals surface area contributed by atoms with Gasteiger partial charge in [-0.2, -0.15) is 0 Å². The van der Waals surface area contributed by atoms with Gasteiger partial charge in [0.25, 0.3) is 0 Å². The van der Waals surface area contributed by atoms with Crippen LogP contribution in [0.1, 0.15) is 90.9 Å². The molecular formula is C35H43BrN2S. The van der Waals surface area contributed by atoms with Crippen molar-refractivity contribution < 1.29 is 0 Å². The Hall–Kier alpha value is -2.17. The highest BCUT2D eigenvalue weighted by Gasteiger charge is 2.22. The van der Waals surface area contributed by atoms with E-state index >= 15 is 0 Å². The molecule has 2 aromatic heterocycles. The van der Waals surface area contributed by atoms with Gasteiger partial charge in [0.2, 0.25) is 0 Å². The average Bonchev–Trinajstić information content (AvgIpc) is 3.56. The highest BCUT2D eigenvalue weighted by Crippen LogP contribution is 2.40. The van der Waals surface area contributed by atoms with Crippen LogP contribution in [0.4, 0.5) is 0 Å². The number of unbranched alkanes of at least 4 members (excludes halogenated alkanes) is 8. The standard InChI is InChI=1S/C35H43BrN2S/c1-3-5-7-9-10-12-18-26(17-11-8-6-4-2)25-38-34-30-22-16-14-20-28(30)27-19-13-15-21-29(27)33(34)37-35(38)31-23-24-32(36)39-31/h13-16,19-24,26H,3-12,17-18,25H2,1-2H3. The molecular weight excluding hydrogens is 560 g/mol. The Kier molecular flexibility index (Phi) is 10.1. The van der Waals surface area contributed by atoms with Crippen molar-refractivity contribution in [1.29, 1.82) is 0 Å². The quantitative estimate of drug-likeness (QED) is 0.0860. The fraction of sp³-hybridized carbons (Fsp3) is 0.457. The maximum atomic E-state index is 5.42. The first-order valence-corrected chi connectivity index (χ1v) is 16.9. The second-order valence-electron chi connectivity index (χ2n) is 11.2. The van der Waals surface area contributed by atoms with E-state index in [4.69, 9.17) is 4.98 Å². The molecule has 206 valence electrons. The summed E-state index contributed by atoms with van der Waals surface area (Å²) in [7, 11) is 0. The van der Waals surface area contributed by atoms with Crippen LogP contribution >= 0.6 is 27.3 Å². The third kappa shape index (κ3) is 6.60. The molecule has 0 saturated carbocycles. The molecule has 2 heterocycles. The smallest absolute Gasteiger partial charge is 0.151 e. The third-order valence-electron chi connectivity index (χ3n) is 8.29. The molecule has 0 fully saturated rings. The minimum atomic E-state index is 0.679. The van der Waals surface area contributed by atoms with E-state index in [0.717, 1.165) is 21.7 Å². The number of thiophene rings is 1. The first-order valence-electron chi connectivity index (χ1n) is 15.3. The maximum Gasteiger partial charge on any atom is 0.151 e. The number of hydrogen-bond acceptors (Lipinski definition) is 2. The van der Waals surface area contributed by atoms with Crippen LogP contribution in [0.3, 0.4) is 0 Å². The Bertz CT molecular complexity index is 1500. The molecule has 0 radical (unpaired) electrons. The fourth-order valence-corrected chi connectivity index (χ4v) is 7.61. The number of halogens is 1. The number of fused-ring (bicyclic) bond motifs is 6. The molecule has 2 nitrogen and oxygen atoms in total. The van der Waals surface area contributed by atoms with Crippen molar-refractivity contribution >= 4 is 59.8 Å².